The average molecular weight is 458 g/mol. The second-order valence-electron chi connectivity index (χ2n) is 8.99. The van der Waals surface area contributed by atoms with E-state index in [1.54, 1.807) is 37.2 Å². The van der Waals surface area contributed by atoms with Crippen LogP contribution in [0.25, 0.3) is 11.4 Å². The first-order chi connectivity index (χ1) is 15.9. The van der Waals surface area contributed by atoms with E-state index in [2.05, 4.69) is 10.1 Å². The molecule has 9 heteroatoms. The zero-order valence-electron chi connectivity index (χ0n) is 19.2. The van der Waals surface area contributed by atoms with Crippen LogP contribution in [0.1, 0.15) is 62.7 Å². The minimum Gasteiger partial charge on any atom is -0.489 e. The predicted molar refractivity (Wildman–Crippen MR) is 119 cm³/mol. The monoisotopic (exact) mass is 457 g/mol. The van der Waals surface area contributed by atoms with Crippen molar-refractivity contribution in [2.45, 2.75) is 77.0 Å². The van der Waals surface area contributed by atoms with Crippen molar-refractivity contribution in [3.8, 4) is 17.1 Å². The lowest BCUT2D eigenvalue weighted by molar-refractivity contribution is -0.143. The van der Waals surface area contributed by atoms with Gasteiger partial charge in [-0.1, -0.05) is 18.0 Å². The Hall–Kier alpha value is -3.10. The maximum atomic E-state index is 12.5. The topological polar surface area (TPSA) is 115 Å². The molecule has 2 aliphatic carbocycles. The lowest BCUT2D eigenvalue weighted by atomic mass is 9.87. The molecule has 0 aromatic carbocycles. The minimum absolute atomic E-state index is 0.0547. The van der Waals surface area contributed by atoms with Crippen LogP contribution in [0.15, 0.2) is 22.9 Å². The Labute approximate surface area is 193 Å². The van der Waals surface area contributed by atoms with E-state index in [0.717, 1.165) is 38.5 Å². The maximum Gasteiger partial charge on any atom is 0.410 e. The van der Waals surface area contributed by atoms with Crippen LogP contribution in [0.2, 0.25) is 0 Å². The van der Waals surface area contributed by atoms with Crippen LogP contribution in [0, 0.1) is 12.8 Å². The van der Waals surface area contributed by atoms with Gasteiger partial charge in [0.05, 0.1) is 29.5 Å². The average Bonchev–Trinajstić information content (AvgIpc) is 3.48. The molecule has 1 N–H and O–H groups in total. The molecule has 2 fully saturated rings. The van der Waals surface area contributed by atoms with Gasteiger partial charge in [-0.2, -0.15) is 0 Å². The van der Waals surface area contributed by atoms with Gasteiger partial charge in [-0.05, 0) is 57.6 Å². The first-order valence-electron chi connectivity index (χ1n) is 11.6. The van der Waals surface area contributed by atoms with Crippen molar-refractivity contribution in [3.05, 3.63) is 29.7 Å². The Morgan fingerprint density at radius 1 is 1.18 bits per heavy atom. The normalized spacial score (nSPS) is 21.0. The Morgan fingerprint density at radius 2 is 1.97 bits per heavy atom. The molecule has 178 valence electrons. The Kier molecular flexibility index (Phi) is 7.15. The molecule has 2 aliphatic rings. The number of aliphatic carboxylic acids is 1. The quantitative estimate of drug-likeness (QED) is 0.642. The van der Waals surface area contributed by atoms with Crippen molar-refractivity contribution in [1.29, 1.82) is 0 Å². The number of carboxylic acids is 1. The fourth-order valence-corrected chi connectivity index (χ4v) is 4.70. The van der Waals surface area contributed by atoms with E-state index in [0.29, 0.717) is 41.3 Å². The summed E-state index contributed by atoms with van der Waals surface area (Å²) in [6.07, 6.45) is 8.30. The molecule has 0 bridgehead atoms. The van der Waals surface area contributed by atoms with Crippen molar-refractivity contribution in [3.63, 3.8) is 0 Å². The Balaban J connectivity index is 1.38. The Bertz CT molecular complexity index is 967. The highest BCUT2D eigenvalue weighted by atomic mass is 16.6. The van der Waals surface area contributed by atoms with Crippen LogP contribution < -0.4 is 4.74 Å². The van der Waals surface area contributed by atoms with Gasteiger partial charge in [0.1, 0.15) is 23.8 Å². The predicted octanol–water partition coefficient (Wildman–Crippen LogP) is 4.58. The molecule has 33 heavy (non-hydrogen) atoms. The third-order valence-corrected chi connectivity index (χ3v) is 6.74. The standard InChI is InChI=1S/C24H31N3O6/c1-15-20(14-31-24(30)27(2)17-7-3-4-8-17)22(26-33-15)21-11-10-19(13-25-21)32-18-9-5-6-16(12-18)23(28)29/h10-11,13,16-18H,3-9,12,14H2,1-2H3,(H,28,29)/t16-,18-/m0/s1. The molecule has 1 amide bonds. The van der Waals surface area contributed by atoms with Crippen LogP contribution >= 0.6 is 0 Å². The highest BCUT2D eigenvalue weighted by Crippen LogP contribution is 2.30. The molecule has 2 aromatic heterocycles. The van der Waals surface area contributed by atoms with E-state index in [4.69, 9.17) is 14.0 Å². The van der Waals surface area contributed by atoms with Crippen LogP contribution in [0.5, 0.6) is 5.75 Å². The number of hydrogen-bond donors (Lipinski definition) is 1. The fraction of sp³-hybridized carbons (Fsp3) is 0.583. The van der Waals surface area contributed by atoms with Crippen molar-refractivity contribution in [2.75, 3.05) is 7.05 Å². The third-order valence-electron chi connectivity index (χ3n) is 6.74. The summed E-state index contributed by atoms with van der Waals surface area (Å²) in [5, 5.41) is 13.4. The van der Waals surface area contributed by atoms with Gasteiger partial charge in [0, 0.05) is 13.1 Å². The Morgan fingerprint density at radius 3 is 2.67 bits per heavy atom. The van der Waals surface area contributed by atoms with E-state index in [1.807, 2.05) is 0 Å². The van der Waals surface area contributed by atoms with Gasteiger partial charge >= 0.3 is 12.1 Å². The van der Waals surface area contributed by atoms with Gasteiger partial charge in [-0.3, -0.25) is 9.78 Å². The van der Waals surface area contributed by atoms with Crippen LogP contribution in [-0.2, 0) is 16.1 Å². The molecule has 0 saturated heterocycles. The maximum absolute atomic E-state index is 12.5. The van der Waals surface area contributed by atoms with Crippen molar-refractivity contribution in [1.82, 2.24) is 15.0 Å². The number of aryl methyl sites for hydroxylation is 1. The van der Waals surface area contributed by atoms with E-state index in [-0.39, 0.29) is 30.8 Å². The number of carbonyl (C=O) groups excluding carboxylic acids is 1. The fourth-order valence-electron chi connectivity index (χ4n) is 4.70. The molecule has 0 aliphatic heterocycles. The van der Waals surface area contributed by atoms with E-state index in [9.17, 15) is 14.7 Å². The molecule has 0 unspecified atom stereocenters. The molecule has 9 nitrogen and oxygen atoms in total. The van der Waals surface area contributed by atoms with Gasteiger partial charge in [0.2, 0.25) is 0 Å². The van der Waals surface area contributed by atoms with Crippen molar-refractivity contribution < 1.29 is 28.7 Å². The van der Waals surface area contributed by atoms with Gasteiger partial charge in [0.25, 0.3) is 0 Å². The number of ether oxygens (including phenoxy) is 2. The number of amides is 1. The molecule has 0 spiro atoms. The van der Waals surface area contributed by atoms with Gasteiger partial charge in [-0.15, -0.1) is 0 Å². The first kappa shape index (κ1) is 23.1. The molecular weight excluding hydrogens is 426 g/mol. The number of pyridine rings is 1. The lowest BCUT2D eigenvalue weighted by Crippen LogP contribution is -2.35. The minimum atomic E-state index is -0.763. The third kappa shape index (κ3) is 5.46. The second kappa shape index (κ2) is 10.2. The summed E-state index contributed by atoms with van der Waals surface area (Å²) >= 11 is 0. The van der Waals surface area contributed by atoms with Crippen molar-refractivity contribution in [2.24, 2.45) is 5.92 Å². The highest BCUT2D eigenvalue weighted by molar-refractivity contribution is 5.70. The van der Waals surface area contributed by atoms with E-state index < -0.39 is 5.97 Å². The largest absolute Gasteiger partial charge is 0.489 e. The SMILES string of the molecule is Cc1onc(-c2ccc(O[C@H]3CCC[C@H](C(=O)O)C3)cn2)c1COC(=O)N(C)C1CCCC1. The zero-order chi connectivity index (χ0) is 23.4. The highest BCUT2D eigenvalue weighted by Gasteiger charge is 2.28. The van der Waals surface area contributed by atoms with Gasteiger partial charge < -0.3 is 24.0 Å². The number of aromatic nitrogens is 2. The molecule has 2 aromatic rings. The number of rotatable bonds is 7. The summed E-state index contributed by atoms with van der Waals surface area (Å²) in [4.78, 5) is 29.9. The number of hydrogen-bond acceptors (Lipinski definition) is 7. The van der Waals surface area contributed by atoms with Crippen LogP contribution in [-0.4, -0.2) is 51.4 Å². The summed E-state index contributed by atoms with van der Waals surface area (Å²) in [5.41, 5.74) is 1.79. The summed E-state index contributed by atoms with van der Waals surface area (Å²) < 4.78 is 16.9. The summed E-state index contributed by atoms with van der Waals surface area (Å²) in [6, 6.07) is 3.81. The number of nitrogens with zero attached hydrogens (tertiary/aromatic N) is 3. The summed E-state index contributed by atoms with van der Waals surface area (Å²) in [6.45, 7) is 1.83. The lowest BCUT2D eigenvalue weighted by Gasteiger charge is -2.27. The van der Waals surface area contributed by atoms with Gasteiger partial charge in [0.15, 0.2) is 0 Å². The van der Waals surface area contributed by atoms with E-state index in [1.165, 1.54) is 0 Å². The molecule has 4 rings (SSSR count). The zero-order valence-corrected chi connectivity index (χ0v) is 19.2. The van der Waals surface area contributed by atoms with E-state index >= 15 is 0 Å². The number of carbonyl (C=O) groups is 2. The summed E-state index contributed by atoms with van der Waals surface area (Å²) in [7, 11) is 1.78. The smallest absolute Gasteiger partial charge is 0.410 e. The number of carboxylic acid groups (broad SMARTS) is 1. The molecule has 2 heterocycles. The van der Waals surface area contributed by atoms with Crippen LogP contribution in [0.3, 0.4) is 0 Å². The van der Waals surface area contributed by atoms with Crippen molar-refractivity contribution >= 4 is 12.1 Å². The second-order valence-corrected chi connectivity index (χ2v) is 8.99. The summed E-state index contributed by atoms with van der Waals surface area (Å²) in [5.74, 6) is 0.0412. The van der Waals surface area contributed by atoms with Crippen LogP contribution in [0.4, 0.5) is 4.79 Å². The first-order valence-corrected chi connectivity index (χ1v) is 11.6. The molecular formula is C24H31N3O6. The molecule has 0 radical (unpaired) electrons. The van der Waals surface area contributed by atoms with Gasteiger partial charge in [-0.25, -0.2) is 4.79 Å². The molecule has 2 saturated carbocycles. The molecule has 2 atom stereocenters.